The highest BCUT2D eigenvalue weighted by Crippen LogP contribution is 2.30. The van der Waals surface area contributed by atoms with Gasteiger partial charge in [-0.05, 0) is 43.5 Å². The molecule has 3 nitrogen and oxygen atoms in total. The van der Waals surface area contributed by atoms with Crippen molar-refractivity contribution in [2.24, 2.45) is 0 Å². The molecule has 1 fully saturated rings. The lowest BCUT2D eigenvalue weighted by Gasteiger charge is -2.32. The monoisotopic (exact) mass is 243 g/mol. The molecule has 0 spiro atoms. The van der Waals surface area contributed by atoms with Crippen molar-refractivity contribution in [3.63, 3.8) is 0 Å². The lowest BCUT2D eigenvalue weighted by Crippen LogP contribution is -2.41. The largest absolute Gasteiger partial charge is 0.341 e. The van der Waals surface area contributed by atoms with E-state index < -0.39 is 0 Å². The number of hydrogen-bond acceptors (Lipinski definition) is 2. The molecule has 1 aromatic carbocycles. The summed E-state index contributed by atoms with van der Waals surface area (Å²) in [5.74, 6) is 1.14. The molecule has 3 rings (SSSR count). The van der Waals surface area contributed by atoms with E-state index in [0.717, 1.165) is 30.9 Å². The molecule has 0 bridgehead atoms. The Bertz CT molecular complexity index is 550. The van der Waals surface area contributed by atoms with E-state index in [0.29, 0.717) is 0 Å². The number of aryl methyl sites for hydroxylation is 1. The van der Waals surface area contributed by atoms with Crippen molar-refractivity contribution in [3.05, 3.63) is 29.6 Å². The van der Waals surface area contributed by atoms with Gasteiger partial charge in [-0.3, -0.25) is 0 Å². The second-order valence-corrected chi connectivity index (χ2v) is 5.63. The Morgan fingerprint density at radius 3 is 3.00 bits per heavy atom. The predicted molar refractivity (Wildman–Crippen MR) is 74.9 cm³/mol. The van der Waals surface area contributed by atoms with Crippen LogP contribution < -0.4 is 5.32 Å². The molecule has 1 saturated heterocycles. The third-order valence-electron chi connectivity index (χ3n) is 4.12. The average Bonchev–Trinajstić information content (AvgIpc) is 2.83. The molecule has 0 amide bonds. The summed E-state index contributed by atoms with van der Waals surface area (Å²) in [6.07, 6.45) is 3.51. The lowest BCUT2D eigenvalue weighted by atomic mass is 9.82. The van der Waals surface area contributed by atoms with Gasteiger partial charge in [-0.25, -0.2) is 4.98 Å². The quantitative estimate of drug-likeness (QED) is 0.851. The van der Waals surface area contributed by atoms with E-state index in [4.69, 9.17) is 4.98 Å². The molecule has 1 aliphatic rings. The van der Waals surface area contributed by atoms with Crippen molar-refractivity contribution in [2.75, 3.05) is 13.1 Å². The Balaban J connectivity index is 2.02. The first-order valence-corrected chi connectivity index (χ1v) is 6.91. The van der Waals surface area contributed by atoms with E-state index >= 15 is 0 Å². The summed E-state index contributed by atoms with van der Waals surface area (Å²) in [5.41, 5.74) is 3.79. The first-order chi connectivity index (χ1) is 8.71. The highest BCUT2D eigenvalue weighted by Gasteiger charge is 2.31. The zero-order chi connectivity index (χ0) is 12.6. The molecule has 2 aromatic rings. The smallest absolute Gasteiger partial charge is 0.114 e. The molecule has 96 valence electrons. The van der Waals surface area contributed by atoms with Gasteiger partial charge in [0.25, 0.3) is 0 Å². The molecular formula is C15H21N3. The highest BCUT2D eigenvalue weighted by atomic mass is 15.0. The number of nitrogens with zero attached hydrogens (tertiary/aromatic N) is 1. The van der Waals surface area contributed by atoms with E-state index in [9.17, 15) is 0 Å². The minimum absolute atomic E-state index is 0.156. The van der Waals surface area contributed by atoms with Gasteiger partial charge in [0, 0.05) is 12.0 Å². The van der Waals surface area contributed by atoms with Crippen molar-refractivity contribution in [1.82, 2.24) is 15.3 Å². The van der Waals surface area contributed by atoms with Gasteiger partial charge in [-0.15, -0.1) is 0 Å². The normalized spacial score (nSPS) is 24.6. The fourth-order valence-electron chi connectivity index (χ4n) is 2.82. The van der Waals surface area contributed by atoms with E-state index in [1.54, 1.807) is 0 Å². The van der Waals surface area contributed by atoms with Gasteiger partial charge in [-0.2, -0.15) is 0 Å². The summed E-state index contributed by atoms with van der Waals surface area (Å²) in [4.78, 5) is 8.32. The van der Waals surface area contributed by atoms with Gasteiger partial charge in [0.1, 0.15) is 5.82 Å². The molecule has 0 aliphatic carbocycles. The summed E-state index contributed by atoms with van der Waals surface area (Å²) >= 11 is 0. The first-order valence-electron chi connectivity index (χ1n) is 6.91. The second kappa shape index (κ2) is 4.39. The van der Waals surface area contributed by atoms with E-state index in [2.05, 4.69) is 42.3 Å². The number of benzene rings is 1. The topological polar surface area (TPSA) is 40.7 Å². The van der Waals surface area contributed by atoms with Gasteiger partial charge in [-0.1, -0.05) is 19.9 Å². The molecule has 1 atom stereocenters. The Morgan fingerprint density at radius 2 is 2.28 bits per heavy atom. The Morgan fingerprint density at radius 1 is 1.39 bits per heavy atom. The third-order valence-corrected chi connectivity index (χ3v) is 4.12. The van der Waals surface area contributed by atoms with Crippen molar-refractivity contribution in [2.45, 2.75) is 38.5 Å². The standard InChI is InChI=1S/C15H21N3/c1-3-11-5-6-12-13(9-11)18-14(17-12)15(2)7-4-8-16-10-15/h5-6,9,16H,3-4,7-8,10H2,1-2H3,(H,17,18). The summed E-state index contributed by atoms with van der Waals surface area (Å²) < 4.78 is 0. The first kappa shape index (κ1) is 11.7. The van der Waals surface area contributed by atoms with Crippen LogP contribution in [0.3, 0.4) is 0 Å². The number of aromatic nitrogens is 2. The molecule has 2 heterocycles. The van der Waals surface area contributed by atoms with E-state index in [-0.39, 0.29) is 5.41 Å². The maximum Gasteiger partial charge on any atom is 0.114 e. The van der Waals surface area contributed by atoms with Gasteiger partial charge >= 0.3 is 0 Å². The average molecular weight is 243 g/mol. The number of fused-ring (bicyclic) bond motifs is 1. The Hall–Kier alpha value is -1.35. The van der Waals surface area contributed by atoms with Crippen LogP contribution in [0.25, 0.3) is 11.0 Å². The number of aromatic amines is 1. The number of rotatable bonds is 2. The summed E-state index contributed by atoms with van der Waals surface area (Å²) in [6.45, 7) is 6.64. The van der Waals surface area contributed by atoms with Crippen LogP contribution in [0.2, 0.25) is 0 Å². The van der Waals surface area contributed by atoms with Crippen LogP contribution in [0, 0.1) is 0 Å². The molecule has 0 saturated carbocycles. The maximum absolute atomic E-state index is 4.79. The zero-order valence-corrected chi connectivity index (χ0v) is 11.2. The molecule has 2 N–H and O–H groups in total. The SMILES string of the molecule is CCc1ccc2nc(C3(C)CCCNC3)[nH]c2c1. The Kier molecular flexibility index (Phi) is 2.86. The summed E-state index contributed by atoms with van der Waals surface area (Å²) in [7, 11) is 0. The fraction of sp³-hybridized carbons (Fsp3) is 0.533. The zero-order valence-electron chi connectivity index (χ0n) is 11.2. The van der Waals surface area contributed by atoms with Gasteiger partial charge in [0.05, 0.1) is 11.0 Å². The van der Waals surface area contributed by atoms with Crippen LogP contribution in [-0.4, -0.2) is 23.1 Å². The van der Waals surface area contributed by atoms with Crippen LogP contribution in [0.4, 0.5) is 0 Å². The van der Waals surface area contributed by atoms with Gasteiger partial charge in [0.2, 0.25) is 0 Å². The summed E-state index contributed by atoms with van der Waals surface area (Å²) in [6, 6.07) is 6.54. The van der Waals surface area contributed by atoms with Crippen LogP contribution in [0.15, 0.2) is 18.2 Å². The minimum atomic E-state index is 0.156. The number of hydrogen-bond donors (Lipinski definition) is 2. The van der Waals surface area contributed by atoms with Crippen molar-refractivity contribution in [1.29, 1.82) is 0 Å². The van der Waals surface area contributed by atoms with Gasteiger partial charge < -0.3 is 10.3 Å². The second-order valence-electron chi connectivity index (χ2n) is 5.63. The number of nitrogens with one attached hydrogen (secondary N) is 2. The minimum Gasteiger partial charge on any atom is -0.341 e. The molecule has 1 aromatic heterocycles. The lowest BCUT2D eigenvalue weighted by molar-refractivity contribution is 0.326. The molecular weight excluding hydrogens is 222 g/mol. The van der Waals surface area contributed by atoms with Crippen LogP contribution in [0.1, 0.15) is 38.1 Å². The van der Waals surface area contributed by atoms with E-state index in [1.165, 1.54) is 23.9 Å². The highest BCUT2D eigenvalue weighted by molar-refractivity contribution is 5.76. The predicted octanol–water partition coefficient (Wildman–Crippen LogP) is 2.77. The van der Waals surface area contributed by atoms with Gasteiger partial charge in [0.15, 0.2) is 0 Å². The van der Waals surface area contributed by atoms with Crippen molar-refractivity contribution < 1.29 is 0 Å². The third kappa shape index (κ3) is 1.93. The van der Waals surface area contributed by atoms with Crippen molar-refractivity contribution >= 4 is 11.0 Å². The molecule has 18 heavy (non-hydrogen) atoms. The van der Waals surface area contributed by atoms with Crippen LogP contribution in [-0.2, 0) is 11.8 Å². The van der Waals surface area contributed by atoms with Crippen LogP contribution in [0.5, 0.6) is 0 Å². The molecule has 0 radical (unpaired) electrons. The van der Waals surface area contributed by atoms with Crippen molar-refractivity contribution in [3.8, 4) is 0 Å². The maximum atomic E-state index is 4.79. The van der Waals surface area contributed by atoms with Crippen LogP contribution >= 0.6 is 0 Å². The van der Waals surface area contributed by atoms with E-state index in [1.807, 2.05) is 0 Å². The summed E-state index contributed by atoms with van der Waals surface area (Å²) in [5, 5.41) is 3.48. The molecule has 3 heteroatoms. The number of H-pyrrole nitrogens is 1. The molecule has 1 aliphatic heterocycles. The number of imidazole rings is 1. The molecule has 1 unspecified atom stereocenters. The number of piperidine rings is 1. The fourth-order valence-corrected chi connectivity index (χ4v) is 2.82. The Labute approximate surface area is 108 Å².